The number of ether oxygens (including phenoxy) is 2. The molecule has 0 saturated carbocycles. The Kier molecular flexibility index (Phi) is 9.35. The third kappa shape index (κ3) is 6.62. The second-order valence-electron chi connectivity index (χ2n) is 14.8. The van der Waals surface area contributed by atoms with E-state index in [-0.39, 0.29) is 17.0 Å². The Balaban J connectivity index is 1.09. The zero-order valence-electron chi connectivity index (χ0n) is 30.6. The number of rotatable bonds is 8. The zero-order valence-corrected chi connectivity index (χ0v) is 31.6. The summed E-state index contributed by atoms with van der Waals surface area (Å²) in [7, 11) is -1.09. The summed E-state index contributed by atoms with van der Waals surface area (Å²) in [6, 6.07) is 29.5. The maximum Gasteiger partial charge on any atom is 0.261 e. The molecule has 1 N–H and O–H groups in total. The van der Waals surface area contributed by atoms with Crippen LogP contribution >= 0.6 is 0 Å². The van der Waals surface area contributed by atoms with Crippen molar-refractivity contribution in [3.8, 4) is 28.1 Å². The van der Waals surface area contributed by atoms with Gasteiger partial charge in [-0.3, -0.25) is 9.48 Å². The fourth-order valence-electron chi connectivity index (χ4n) is 7.87. The molecule has 272 valence electrons. The molecule has 6 aromatic rings. The van der Waals surface area contributed by atoms with Crippen molar-refractivity contribution in [2.24, 2.45) is 0 Å². The molecule has 1 saturated heterocycles. The Hall–Kier alpha value is -5.30. The zero-order chi connectivity index (χ0) is 36.6. The normalized spacial score (nSPS) is 17.7. The van der Waals surface area contributed by atoms with Gasteiger partial charge in [-0.25, -0.2) is 4.52 Å². The van der Waals surface area contributed by atoms with Crippen LogP contribution in [0.15, 0.2) is 110 Å². The molecule has 8 rings (SSSR count). The van der Waals surface area contributed by atoms with E-state index in [1.54, 1.807) is 17.7 Å². The average molecular weight is 728 g/mol. The number of nitrogens with zero attached hydrogens (tertiary/aromatic N) is 6. The van der Waals surface area contributed by atoms with Crippen molar-refractivity contribution < 1.29 is 18.7 Å². The van der Waals surface area contributed by atoms with Crippen LogP contribution in [0.1, 0.15) is 27.2 Å². The van der Waals surface area contributed by atoms with Gasteiger partial charge >= 0.3 is 0 Å². The van der Waals surface area contributed by atoms with Crippen molar-refractivity contribution in [3.63, 3.8) is 0 Å². The molecule has 1 amide bonds. The van der Waals surface area contributed by atoms with Gasteiger partial charge in [0.15, 0.2) is 5.65 Å². The first-order valence-corrected chi connectivity index (χ1v) is 20.1. The Morgan fingerprint density at radius 2 is 1.66 bits per heavy atom. The molecule has 0 unspecified atom stereocenters. The van der Waals surface area contributed by atoms with E-state index in [9.17, 15) is 4.79 Å². The molecule has 1 fully saturated rings. The summed E-state index contributed by atoms with van der Waals surface area (Å²) in [6.07, 6.45) is 7.77. The van der Waals surface area contributed by atoms with Crippen LogP contribution in [0.3, 0.4) is 0 Å². The molecule has 2 aliphatic heterocycles. The van der Waals surface area contributed by atoms with Crippen molar-refractivity contribution in [3.05, 3.63) is 110 Å². The van der Waals surface area contributed by atoms with Crippen LogP contribution in [-0.4, -0.2) is 89.1 Å². The maximum atomic E-state index is 13.2. The highest BCUT2D eigenvalue weighted by molar-refractivity contribution is 6.99. The molecule has 5 heterocycles. The first-order chi connectivity index (χ1) is 25.7. The second-order valence-corrected chi connectivity index (χ2v) is 19.1. The van der Waals surface area contributed by atoms with Gasteiger partial charge in [-0.2, -0.15) is 15.2 Å². The lowest BCUT2D eigenvalue weighted by Crippen LogP contribution is -2.66. The lowest BCUT2D eigenvalue weighted by molar-refractivity contribution is -0.136. The molecule has 12 heteroatoms. The molecule has 3 aromatic heterocycles. The van der Waals surface area contributed by atoms with Gasteiger partial charge in [0.2, 0.25) is 5.88 Å². The highest BCUT2D eigenvalue weighted by Crippen LogP contribution is 2.37. The van der Waals surface area contributed by atoms with Gasteiger partial charge in [-0.1, -0.05) is 81.4 Å². The van der Waals surface area contributed by atoms with Crippen LogP contribution < -0.4 is 20.4 Å². The first kappa shape index (κ1) is 34.8. The minimum Gasteiger partial charge on any atom is -0.475 e. The van der Waals surface area contributed by atoms with E-state index in [1.165, 1.54) is 10.4 Å². The molecule has 11 nitrogen and oxygen atoms in total. The molecule has 0 aliphatic carbocycles. The summed E-state index contributed by atoms with van der Waals surface area (Å²) in [5.41, 5.74) is 5.44. The van der Waals surface area contributed by atoms with Crippen LogP contribution in [-0.2, 0) is 20.5 Å². The minimum atomic E-state index is -2.67. The monoisotopic (exact) mass is 727 g/mol. The summed E-state index contributed by atoms with van der Waals surface area (Å²) in [6.45, 7) is 9.40. The number of methoxy groups -OCH3 is 1. The van der Waals surface area contributed by atoms with Gasteiger partial charge < -0.3 is 24.1 Å². The quantitative estimate of drug-likeness (QED) is 0.212. The third-order valence-corrected chi connectivity index (χ3v) is 15.5. The van der Waals surface area contributed by atoms with Crippen molar-refractivity contribution >= 4 is 35.9 Å². The highest BCUT2D eigenvalue weighted by Gasteiger charge is 2.50. The number of aromatic nitrogens is 5. The smallest absolute Gasteiger partial charge is 0.261 e. The summed E-state index contributed by atoms with van der Waals surface area (Å²) in [5, 5.41) is 15.4. The number of hydrogen-bond acceptors (Lipinski definition) is 8. The number of benzene rings is 3. The maximum absolute atomic E-state index is 13.2. The van der Waals surface area contributed by atoms with Crippen LogP contribution in [0.4, 0.5) is 5.69 Å². The van der Waals surface area contributed by atoms with Crippen LogP contribution in [0, 0.1) is 0 Å². The molecular weight excluding hydrogens is 683 g/mol. The van der Waals surface area contributed by atoms with E-state index in [0.29, 0.717) is 50.8 Å². The summed E-state index contributed by atoms with van der Waals surface area (Å²) >= 11 is 0. The van der Waals surface area contributed by atoms with Crippen molar-refractivity contribution in [1.82, 2.24) is 29.3 Å². The fourth-order valence-corrected chi connectivity index (χ4v) is 12.4. The van der Waals surface area contributed by atoms with Crippen molar-refractivity contribution in [1.29, 1.82) is 0 Å². The number of nitrogens with one attached hydrogen (secondary N) is 1. The summed E-state index contributed by atoms with van der Waals surface area (Å²) in [5.74, 6) is 0.470. The molecule has 2 aliphatic rings. The lowest BCUT2D eigenvalue weighted by Gasteiger charge is -2.43. The Labute approximate surface area is 310 Å². The number of carbonyl (C=O) groups excluding carboxylic acids is 1. The predicted molar refractivity (Wildman–Crippen MR) is 208 cm³/mol. The number of fused-ring (bicyclic) bond motifs is 5. The van der Waals surface area contributed by atoms with Crippen LogP contribution in [0.2, 0.25) is 5.04 Å². The lowest BCUT2D eigenvalue weighted by atomic mass is 10.0. The van der Waals surface area contributed by atoms with E-state index in [2.05, 4.69) is 116 Å². The SMILES string of the molecule is CO[C@@H]1C[C@H]2COc3ccn4ncc(c4n3)-c3cc(cc(-c4cnn(CCO[Si](c5ccccc5)(c5ccccc5)C(C)(C)C)c4)c3)NCCN2C1=O. The van der Waals surface area contributed by atoms with Gasteiger partial charge in [-0.15, -0.1) is 0 Å². The number of hydrogen-bond donors (Lipinski definition) is 1. The molecular formula is C41H45N7O4Si. The van der Waals surface area contributed by atoms with Gasteiger partial charge in [-0.05, 0) is 44.7 Å². The number of amides is 1. The van der Waals surface area contributed by atoms with E-state index in [0.717, 1.165) is 27.9 Å². The van der Waals surface area contributed by atoms with E-state index < -0.39 is 14.4 Å². The molecule has 3 aromatic carbocycles. The van der Waals surface area contributed by atoms with Gasteiger partial charge in [0.1, 0.15) is 12.7 Å². The first-order valence-electron chi connectivity index (χ1n) is 18.2. The molecule has 4 bridgehead atoms. The Morgan fingerprint density at radius 3 is 2.38 bits per heavy atom. The van der Waals surface area contributed by atoms with E-state index in [1.807, 2.05) is 28.2 Å². The Bertz CT molecular complexity index is 2180. The molecule has 2 atom stereocenters. The Morgan fingerprint density at radius 1 is 0.925 bits per heavy atom. The summed E-state index contributed by atoms with van der Waals surface area (Å²) < 4.78 is 22.5. The minimum absolute atomic E-state index is 0.0164. The third-order valence-electron chi connectivity index (χ3n) is 10.5. The van der Waals surface area contributed by atoms with Crippen molar-refractivity contribution in [2.45, 2.75) is 50.9 Å². The highest BCUT2D eigenvalue weighted by atomic mass is 28.4. The topological polar surface area (TPSA) is 108 Å². The van der Waals surface area contributed by atoms with E-state index >= 15 is 0 Å². The average Bonchev–Trinajstić information content (AvgIpc) is 3.90. The van der Waals surface area contributed by atoms with Crippen molar-refractivity contribution in [2.75, 3.05) is 38.7 Å². The number of anilines is 1. The predicted octanol–water partition coefficient (Wildman–Crippen LogP) is 5.26. The summed E-state index contributed by atoms with van der Waals surface area (Å²) in [4.78, 5) is 19.9. The van der Waals surface area contributed by atoms with Crippen LogP contribution in [0.25, 0.3) is 27.9 Å². The van der Waals surface area contributed by atoms with Gasteiger partial charge in [0, 0.05) is 61.9 Å². The molecule has 53 heavy (non-hydrogen) atoms. The standard InChI is InChI=1S/C41H45N7O4Si/c1-41(2,3)53(34-11-7-5-8-12-34,35-13-9-6-10-14-35)52-20-19-46-27-31(25-43-46)29-21-30-23-32(22-29)42-16-18-47-33(24-37(50-4)40(47)49)28-51-38-15-17-48-39(45-38)36(30)26-44-48/h5-15,17,21-23,25-27,33,37,42H,16,18-20,24,28H2,1-4H3/t33-,37+/m0/s1. The largest absolute Gasteiger partial charge is 0.475 e. The molecule has 0 spiro atoms. The van der Waals surface area contributed by atoms with Gasteiger partial charge in [0.05, 0.1) is 31.6 Å². The van der Waals surface area contributed by atoms with Gasteiger partial charge in [0.25, 0.3) is 14.2 Å². The van der Waals surface area contributed by atoms with Crippen LogP contribution in [0.5, 0.6) is 5.88 Å². The molecule has 0 radical (unpaired) electrons. The number of carbonyl (C=O) groups is 1. The fraction of sp³-hybridized carbons (Fsp3) is 0.317. The van der Waals surface area contributed by atoms with E-state index in [4.69, 9.17) is 24.0 Å². The second kappa shape index (κ2) is 14.3.